The lowest BCUT2D eigenvalue weighted by molar-refractivity contribution is 0.756. The van der Waals surface area contributed by atoms with Gasteiger partial charge >= 0.3 is 0 Å². The van der Waals surface area contributed by atoms with Gasteiger partial charge in [-0.1, -0.05) is 18.2 Å². The Morgan fingerprint density at radius 1 is 1.12 bits per heavy atom. The summed E-state index contributed by atoms with van der Waals surface area (Å²) in [6.45, 7) is 1.94. The van der Waals surface area contributed by atoms with Crippen LogP contribution in [-0.4, -0.2) is 25.1 Å². The number of aliphatic imine (C=N–C) groups is 2. The molecule has 1 aromatic rings. The lowest BCUT2D eigenvalue weighted by atomic mass is 10.3. The Hall–Kier alpha value is -2.04. The summed E-state index contributed by atoms with van der Waals surface area (Å²) in [5, 5.41) is 9.22. The van der Waals surface area contributed by atoms with Gasteiger partial charge in [-0.05, 0) is 19.1 Å². The minimum atomic E-state index is -0.0742. The summed E-state index contributed by atoms with van der Waals surface area (Å²) in [7, 11) is 1.82. The third-order valence-electron chi connectivity index (χ3n) is 2.14. The molecular formula is C11H15N5. The molecule has 5 nitrogen and oxygen atoms in total. The average molecular weight is 217 g/mol. The van der Waals surface area contributed by atoms with Gasteiger partial charge in [0, 0.05) is 12.7 Å². The second kappa shape index (κ2) is 4.65. The lowest BCUT2D eigenvalue weighted by Crippen LogP contribution is -2.46. The van der Waals surface area contributed by atoms with Crippen LogP contribution in [0.4, 0.5) is 5.69 Å². The van der Waals surface area contributed by atoms with Crippen molar-refractivity contribution in [1.82, 2.24) is 10.6 Å². The van der Waals surface area contributed by atoms with E-state index in [0.717, 1.165) is 11.6 Å². The van der Waals surface area contributed by atoms with Gasteiger partial charge in [0.25, 0.3) is 0 Å². The Morgan fingerprint density at radius 3 is 2.50 bits per heavy atom. The Labute approximate surface area is 94.7 Å². The molecule has 1 aromatic carbocycles. The summed E-state index contributed by atoms with van der Waals surface area (Å²) in [6, 6.07) is 9.90. The van der Waals surface area contributed by atoms with Crippen LogP contribution < -0.4 is 16.0 Å². The highest BCUT2D eigenvalue weighted by Crippen LogP contribution is 2.06. The molecule has 84 valence electrons. The number of hydrogen-bond donors (Lipinski definition) is 3. The second-order valence-corrected chi connectivity index (χ2v) is 3.45. The molecule has 2 rings (SSSR count). The molecule has 0 aliphatic carbocycles. The zero-order valence-corrected chi connectivity index (χ0v) is 9.36. The van der Waals surface area contributed by atoms with Crippen LogP contribution in [0, 0.1) is 0 Å². The van der Waals surface area contributed by atoms with E-state index in [1.165, 1.54) is 0 Å². The summed E-state index contributed by atoms with van der Waals surface area (Å²) in [5.41, 5.74) is 0.998. The van der Waals surface area contributed by atoms with Crippen LogP contribution in [0.2, 0.25) is 0 Å². The fraction of sp³-hybridized carbons (Fsp3) is 0.273. The first kappa shape index (κ1) is 10.5. The molecule has 1 unspecified atom stereocenters. The molecule has 0 fully saturated rings. The number of para-hydroxylation sites is 1. The first-order valence-corrected chi connectivity index (χ1v) is 5.20. The van der Waals surface area contributed by atoms with Crippen molar-refractivity contribution in [2.75, 3.05) is 12.4 Å². The van der Waals surface area contributed by atoms with E-state index in [-0.39, 0.29) is 6.17 Å². The van der Waals surface area contributed by atoms with E-state index >= 15 is 0 Å². The Morgan fingerprint density at radius 2 is 1.81 bits per heavy atom. The summed E-state index contributed by atoms with van der Waals surface area (Å²) in [4.78, 5) is 8.60. The minimum Gasteiger partial charge on any atom is -0.359 e. The fourth-order valence-corrected chi connectivity index (χ4v) is 1.43. The average Bonchev–Trinajstić information content (AvgIpc) is 2.29. The van der Waals surface area contributed by atoms with E-state index in [2.05, 4.69) is 25.9 Å². The molecule has 16 heavy (non-hydrogen) atoms. The number of anilines is 1. The van der Waals surface area contributed by atoms with Crippen molar-refractivity contribution < 1.29 is 0 Å². The van der Waals surface area contributed by atoms with Crippen LogP contribution in [0.3, 0.4) is 0 Å². The summed E-state index contributed by atoms with van der Waals surface area (Å²) in [6.07, 6.45) is -0.0742. The van der Waals surface area contributed by atoms with Crippen LogP contribution in [0.1, 0.15) is 6.92 Å². The molecular weight excluding hydrogens is 202 g/mol. The van der Waals surface area contributed by atoms with Gasteiger partial charge in [0.2, 0.25) is 5.96 Å². The van der Waals surface area contributed by atoms with Crippen molar-refractivity contribution in [3.05, 3.63) is 30.3 Å². The third kappa shape index (κ3) is 2.50. The number of benzene rings is 1. The normalized spacial score (nSPS) is 19.2. The quantitative estimate of drug-likeness (QED) is 0.657. The molecule has 0 spiro atoms. The van der Waals surface area contributed by atoms with E-state index in [0.29, 0.717) is 5.96 Å². The molecule has 1 aliphatic heterocycles. The van der Waals surface area contributed by atoms with Crippen LogP contribution in [0.15, 0.2) is 40.3 Å². The van der Waals surface area contributed by atoms with Gasteiger partial charge < -0.3 is 10.6 Å². The lowest BCUT2D eigenvalue weighted by Gasteiger charge is -2.19. The summed E-state index contributed by atoms with van der Waals surface area (Å²) in [5.74, 6) is 1.43. The SMILES string of the molecule is CNC1=NC(C)N=C(Nc2ccccc2)N1. The smallest absolute Gasteiger partial charge is 0.204 e. The van der Waals surface area contributed by atoms with Crippen LogP contribution in [0.25, 0.3) is 0 Å². The molecule has 0 saturated heterocycles. The standard InChI is InChI=1S/C11H15N5/c1-8-13-10(12-2)16-11(14-8)15-9-6-4-3-5-7-9/h3-8H,1-2H3,(H3,12,13,14,15,16). The van der Waals surface area contributed by atoms with Gasteiger partial charge in [-0.15, -0.1) is 0 Å². The Bertz CT molecular complexity index is 410. The van der Waals surface area contributed by atoms with Gasteiger partial charge in [-0.3, -0.25) is 5.32 Å². The zero-order chi connectivity index (χ0) is 11.4. The van der Waals surface area contributed by atoms with Crippen molar-refractivity contribution >= 4 is 17.6 Å². The maximum Gasteiger partial charge on any atom is 0.204 e. The maximum absolute atomic E-state index is 4.34. The van der Waals surface area contributed by atoms with Crippen molar-refractivity contribution in [2.45, 2.75) is 13.1 Å². The second-order valence-electron chi connectivity index (χ2n) is 3.45. The highest BCUT2D eigenvalue weighted by molar-refractivity contribution is 6.06. The fourth-order valence-electron chi connectivity index (χ4n) is 1.43. The molecule has 1 heterocycles. The minimum absolute atomic E-state index is 0.0742. The van der Waals surface area contributed by atoms with Gasteiger partial charge in [0.05, 0.1) is 0 Å². The van der Waals surface area contributed by atoms with E-state index < -0.39 is 0 Å². The highest BCUT2D eigenvalue weighted by atomic mass is 15.3. The molecule has 1 aliphatic rings. The monoisotopic (exact) mass is 217 g/mol. The first-order valence-electron chi connectivity index (χ1n) is 5.20. The molecule has 3 N–H and O–H groups in total. The summed E-state index contributed by atoms with van der Waals surface area (Å²) < 4.78 is 0. The number of nitrogens with one attached hydrogen (secondary N) is 3. The van der Waals surface area contributed by atoms with E-state index in [1.807, 2.05) is 44.3 Å². The van der Waals surface area contributed by atoms with E-state index in [9.17, 15) is 0 Å². The van der Waals surface area contributed by atoms with Gasteiger partial charge in [-0.25, -0.2) is 9.98 Å². The number of guanidine groups is 2. The molecule has 0 aromatic heterocycles. The van der Waals surface area contributed by atoms with Gasteiger partial charge in [0.1, 0.15) is 6.17 Å². The predicted molar refractivity (Wildman–Crippen MR) is 66.6 cm³/mol. The molecule has 0 radical (unpaired) electrons. The Balaban J connectivity index is 2.07. The molecule has 0 bridgehead atoms. The van der Waals surface area contributed by atoms with E-state index in [4.69, 9.17) is 0 Å². The number of hydrogen-bond acceptors (Lipinski definition) is 5. The van der Waals surface area contributed by atoms with Gasteiger partial charge in [0.15, 0.2) is 5.96 Å². The summed E-state index contributed by atoms with van der Waals surface area (Å²) >= 11 is 0. The van der Waals surface area contributed by atoms with E-state index in [1.54, 1.807) is 0 Å². The number of rotatable bonds is 1. The highest BCUT2D eigenvalue weighted by Gasteiger charge is 2.11. The predicted octanol–water partition coefficient (Wildman–Crippen LogP) is 0.979. The van der Waals surface area contributed by atoms with Crippen molar-refractivity contribution in [3.63, 3.8) is 0 Å². The van der Waals surface area contributed by atoms with Crippen LogP contribution >= 0.6 is 0 Å². The molecule has 5 heteroatoms. The van der Waals surface area contributed by atoms with Crippen LogP contribution in [-0.2, 0) is 0 Å². The zero-order valence-electron chi connectivity index (χ0n) is 9.36. The van der Waals surface area contributed by atoms with Crippen molar-refractivity contribution in [3.8, 4) is 0 Å². The van der Waals surface area contributed by atoms with Crippen molar-refractivity contribution in [1.29, 1.82) is 0 Å². The Kier molecular flexibility index (Phi) is 3.05. The number of nitrogens with zero attached hydrogens (tertiary/aromatic N) is 2. The largest absolute Gasteiger partial charge is 0.359 e. The molecule has 0 amide bonds. The topological polar surface area (TPSA) is 60.8 Å². The molecule has 1 atom stereocenters. The first-order chi connectivity index (χ1) is 7.78. The third-order valence-corrected chi connectivity index (χ3v) is 2.14. The maximum atomic E-state index is 4.34. The van der Waals surface area contributed by atoms with Crippen LogP contribution in [0.5, 0.6) is 0 Å². The molecule has 0 saturated carbocycles. The van der Waals surface area contributed by atoms with Crippen molar-refractivity contribution in [2.24, 2.45) is 9.98 Å². The van der Waals surface area contributed by atoms with Gasteiger partial charge in [-0.2, -0.15) is 0 Å².